The average Bonchev–Trinajstić information content (AvgIpc) is 3.12. The van der Waals surface area contributed by atoms with Crippen molar-refractivity contribution in [3.05, 3.63) is 56.3 Å². The van der Waals surface area contributed by atoms with Gasteiger partial charge in [0.2, 0.25) is 5.91 Å². The first-order valence-electron chi connectivity index (χ1n) is 9.90. The zero-order valence-corrected chi connectivity index (χ0v) is 18.0. The number of piperazine rings is 1. The number of carbonyl (C=O) groups excluding carboxylic acids is 1. The highest BCUT2D eigenvalue weighted by molar-refractivity contribution is 7.10. The van der Waals surface area contributed by atoms with Crippen molar-refractivity contribution in [2.75, 3.05) is 37.6 Å². The Hall–Kier alpha value is -2.45. The van der Waals surface area contributed by atoms with Crippen LogP contribution < -0.4 is 4.90 Å². The third kappa shape index (κ3) is 5.13. The molecule has 1 aromatic heterocycles. The average molecular weight is 417 g/mol. The van der Waals surface area contributed by atoms with Crippen molar-refractivity contribution in [1.29, 1.82) is 0 Å². The van der Waals surface area contributed by atoms with Crippen LogP contribution in [0.2, 0.25) is 0 Å². The second-order valence-corrected chi connectivity index (χ2v) is 8.64. The van der Waals surface area contributed by atoms with Crippen LogP contribution in [-0.2, 0) is 11.3 Å². The molecule has 29 heavy (non-hydrogen) atoms. The van der Waals surface area contributed by atoms with Gasteiger partial charge in [-0.2, -0.15) is 0 Å². The van der Waals surface area contributed by atoms with Crippen LogP contribution in [0.4, 0.5) is 11.4 Å². The predicted molar refractivity (Wildman–Crippen MR) is 116 cm³/mol. The molecule has 0 spiro atoms. The molecule has 1 fully saturated rings. The van der Waals surface area contributed by atoms with E-state index >= 15 is 0 Å². The van der Waals surface area contributed by atoms with Gasteiger partial charge in [0, 0.05) is 49.7 Å². The SMILES string of the molecule is Cc1ccsc1CN(CC(=O)N1CCN(c2ccccc2[N+](=O)[O-])CC1)C(C)C. The molecule has 0 unspecified atom stereocenters. The Morgan fingerprint density at radius 3 is 2.48 bits per heavy atom. The molecule has 7 nitrogen and oxygen atoms in total. The van der Waals surface area contributed by atoms with Gasteiger partial charge in [0.05, 0.1) is 11.5 Å². The molecule has 0 bridgehead atoms. The van der Waals surface area contributed by atoms with Crippen LogP contribution in [0.5, 0.6) is 0 Å². The summed E-state index contributed by atoms with van der Waals surface area (Å²) in [6, 6.07) is 9.18. The first-order chi connectivity index (χ1) is 13.9. The van der Waals surface area contributed by atoms with E-state index in [1.54, 1.807) is 23.5 Å². The number of nitrogens with zero attached hydrogens (tertiary/aromatic N) is 4. The Morgan fingerprint density at radius 2 is 1.90 bits per heavy atom. The van der Waals surface area contributed by atoms with E-state index in [-0.39, 0.29) is 22.6 Å². The van der Waals surface area contributed by atoms with Gasteiger partial charge >= 0.3 is 0 Å². The van der Waals surface area contributed by atoms with E-state index in [1.807, 2.05) is 15.9 Å². The maximum atomic E-state index is 12.9. The minimum absolute atomic E-state index is 0.115. The van der Waals surface area contributed by atoms with Crippen molar-refractivity contribution in [1.82, 2.24) is 9.80 Å². The largest absolute Gasteiger partial charge is 0.362 e. The normalized spacial score (nSPS) is 14.7. The Morgan fingerprint density at radius 1 is 1.21 bits per heavy atom. The molecule has 2 heterocycles. The van der Waals surface area contributed by atoms with Crippen LogP contribution >= 0.6 is 11.3 Å². The Kier molecular flexibility index (Phi) is 6.87. The van der Waals surface area contributed by atoms with E-state index in [4.69, 9.17) is 0 Å². The van der Waals surface area contributed by atoms with Crippen LogP contribution in [0.25, 0.3) is 0 Å². The fourth-order valence-electron chi connectivity index (χ4n) is 3.53. The second-order valence-electron chi connectivity index (χ2n) is 7.64. The maximum Gasteiger partial charge on any atom is 0.292 e. The fraction of sp³-hybridized carbons (Fsp3) is 0.476. The molecule has 1 saturated heterocycles. The molecule has 1 aliphatic heterocycles. The Labute approximate surface area is 175 Å². The molecule has 0 saturated carbocycles. The van der Waals surface area contributed by atoms with Crippen molar-refractivity contribution in [3.63, 3.8) is 0 Å². The van der Waals surface area contributed by atoms with E-state index in [9.17, 15) is 14.9 Å². The molecule has 3 rings (SSSR count). The van der Waals surface area contributed by atoms with Crippen molar-refractivity contribution < 1.29 is 9.72 Å². The summed E-state index contributed by atoms with van der Waals surface area (Å²) in [5, 5.41) is 13.4. The molecule has 0 radical (unpaired) electrons. The van der Waals surface area contributed by atoms with Gasteiger partial charge in [0.15, 0.2) is 0 Å². The molecule has 0 aliphatic carbocycles. The lowest BCUT2D eigenvalue weighted by molar-refractivity contribution is -0.384. The van der Waals surface area contributed by atoms with Gasteiger partial charge in [-0.1, -0.05) is 12.1 Å². The summed E-state index contributed by atoms with van der Waals surface area (Å²) < 4.78 is 0. The minimum Gasteiger partial charge on any atom is -0.362 e. The van der Waals surface area contributed by atoms with Crippen molar-refractivity contribution in [2.45, 2.75) is 33.4 Å². The molecule has 0 N–H and O–H groups in total. The van der Waals surface area contributed by atoms with Crippen LogP contribution in [0, 0.1) is 17.0 Å². The summed E-state index contributed by atoms with van der Waals surface area (Å²) in [7, 11) is 0. The predicted octanol–water partition coefficient (Wildman–Crippen LogP) is 3.52. The minimum atomic E-state index is -0.347. The molecule has 2 aromatic rings. The maximum absolute atomic E-state index is 12.9. The smallest absolute Gasteiger partial charge is 0.292 e. The highest BCUT2D eigenvalue weighted by Crippen LogP contribution is 2.28. The Bertz CT molecular complexity index is 859. The highest BCUT2D eigenvalue weighted by atomic mass is 32.1. The topological polar surface area (TPSA) is 69.9 Å². The Balaban J connectivity index is 1.59. The van der Waals surface area contributed by atoms with Gasteiger partial charge in [0.1, 0.15) is 5.69 Å². The number of nitro benzene ring substituents is 1. The third-order valence-corrected chi connectivity index (χ3v) is 6.44. The van der Waals surface area contributed by atoms with E-state index in [1.165, 1.54) is 16.5 Å². The molecular formula is C21H28N4O3S. The van der Waals surface area contributed by atoms with E-state index < -0.39 is 0 Å². The number of rotatable bonds is 7. The highest BCUT2D eigenvalue weighted by Gasteiger charge is 2.27. The number of aryl methyl sites for hydroxylation is 1. The molecule has 1 amide bonds. The van der Waals surface area contributed by atoms with Gasteiger partial charge in [-0.05, 0) is 43.8 Å². The number of nitro groups is 1. The van der Waals surface area contributed by atoms with Crippen LogP contribution in [0.3, 0.4) is 0 Å². The van der Waals surface area contributed by atoms with Crippen LogP contribution in [-0.4, -0.2) is 59.4 Å². The second kappa shape index (κ2) is 9.37. The lowest BCUT2D eigenvalue weighted by atomic mass is 10.2. The summed E-state index contributed by atoms with van der Waals surface area (Å²) >= 11 is 1.73. The molecule has 1 aromatic carbocycles. The lowest BCUT2D eigenvalue weighted by Gasteiger charge is -2.37. The number of amides is 1. The van der Waals surface area contributed by atoms with Crippen molar-refractivity contribution >= 4 is 28.6 Å². The molecule has 8 heteroatoms. The summed E-state index contributed by atoms with van der Waals surface area (Å²) in [6.07, 6.45) is 0. The summed E-state index contributed by atoms with van der Waals surface area (Å²) in [5.74, 6) is 0.120. The number of hydrogen-bond donors (Lipinski definition) is 0. The number of hydrogen-bond acceptors (Lipinski definition) is 6. The molecule has 0 atom stereocenters. The van der Waals surface area contributed by atoms with Crippen LogP contribution in [0.15, 0.2) is 35.7 Å². The summed E-state index contributed by atoms with van der Waals surface area (Å²) in [6.45, 7) is 9.86. The number of para-hydroxylation sites is 2. The molecule has 156 valence electrons. The van der Waals surface area contributed by atoms with Crippen LogP contribution in [0.1, 0.15) is 24.3 Å². The van der Waals surface area contributed by atoms with Gasteiger partial charge < -0.3 is 9.80 Å². The number of thiophene rings is 1. The lowest BCUT2D eigenvalue weighted by Crippen LogP contribution is -2.52. The number of anilines is 1. The van der Waals surface area contributed by atoms with Crippen molar-refractivity contribution in [2.24, 2.45) is 0 Å². The van der Waals surface area contributed by atoms with Crippen molar-refractivity contribution in [3.8, 4) is 0 Å². The molecular weight excluding hydrogens is 388 g/mol. The number of benzene rings is 1. The first-order valence-corrected chi connectivity index (χ1v) is 10.8. The van der Waals surface area contributed by atoms with Gasteiger partial charge in [-0.25, -0.2) is 0 Å². The first kappa shape index (κ1) is 21.3. The van der Waals surface area contributed by atoms with E-state index in [0.29, 0.717) is 38.4 Å². The summed E-state index contributed by atoms with van der Waals surface area (Å²) in [4.78, 5) is 31.2. The quantitative estimate of drug-likeness (QED) is 0.510. The zero-order valence-electron chi connectivity index (χ0n) is 17.2. The summed E-state index contributed by atoms with van der Waals surface area (Å²) in [5.41, 5.74) is 2.01. The fourth-order valence-corrected chi connectivity index (χ4v) is 4.46. The van der Waals surface area contributed by atoms with Gasteiger partial charge in [-0.15, -0.1) is 11.3 Å². The standard InChI is InChI=1S/C21H28N4O3S/c1-16(2)24(14-20-17(3)8-13-29-20)15-21(26)23-11-9-22(10-12-23)18-6-4-5-7-19(18)25(27)28/h4-8,13,16H,9-12,14-15H2,1-3H3. The van der Waals surface area contributed by atoms with E-state index in [2.05, 4.69) is 37.1 Å². The van der Waals surface area contributed by atoms with E-state index in [0.717, 1.165) is 6.54 Å². The number of carbonyl (C=O) groups is 1. The third-order valence-electron chi connectivity index (χ3n) is 5.44. The van der Waals surface area contributed by atoms with Gasteiger partial charge in [0.25, 0.3) is 5.69 Å². The van der Waals surface area contributed by atoms with Gasteiger partial charge in [-0.3, -0.25) is 19.8 Å². The monoisotopic (exact) mass is 416 g/mol. The zero-order chi connectivity index (χ0) is 21.0. The molecule has 1 aliphatic rings.